The van der Waals surface area contributed by atoms with E-state index in [0.29, 0.717) is 6.54 Å². The standard InChI is InChI=1S/C18H23N3O2/c1-3-11-19-18(23)21-17(22)12-20-13(2)15-10-6-8-14-7-4-5-9-16(14)15/h4-10,13,20H,3,11-12H2,1-2H3,(H2,19,21,22,23)/t13-/m1/s1. The number of fused-ring (bicyclic) bond motifs is 1. The molecule has 5 nitrogen and oxygen atoms in total. The van der Waals surface area contributed by atoms with Crippen molar-refractivity contribution in [2.24, 2.45) is 0 Å². The molecule has 0 unspecified atom stereocenters. The zero-order valence-electron chi connectivity index (χ0n) is 13.6. The SMILES string of the molecule is CCCNC(=O)NC(=O)CN[C@H](C)c1cccc2ccccc12. The van der Waals surface area contributed by atoms with Crippen molar-refractivity contribution in [1.82, 2.24) is 16.0 Å². The molecule has 0 heterocycles. The van der Waals surface area contributed by atoms with Crippen LogP contribution in [0.25, 0.3) is 10.8 Å². The summed E-state index contributed by atoms with van der Waals surface area (Å²) in [4.78, 5) is 23.2. The van der Waals surface area contributed by atoms with Gasteiger partial charge in [0.25, 0.3) is 0 Å². The van der Waals surface area contributed by atoms with Crippen LogP contribution in [-0.4, -0.2) is 25.0 Å². The maximum absolute atomic E-state index is 11.8. The van der Waals surface area contributed by atoms with E-state index in [1.165, 1.54) is 5.39 Å². The molecular formula is C18H23N3O2. The summed E-state index contributed by atoms with van der Waals surface area (Å²) in [6.45, 7) is 4.60. The first-order valence-electron chi connectivity index (χ1n) is 7.90. The molecule has 3 N–H and O–H groups in total. The van der Waals surface area contributed by atoms with Crippen molar-refractivity contribution >= 4 is 22.7 Å². The Morgan fingerprint density at radius 1 is 1.09 bits per heavy atom. The summed E-state index contributed by atoms with van der Waals surface area (Å²) in [6, 6.07) is 13.8. The zero-order valence-corrected chi connectivity index (χ0v) is 13.6. The molecule has 0 aromatic heterocycles. The Hall–Kier alpha value is -2.40. The van der Waals surface area contributed by atoms with Crippen LogP contribution in [0.5, 0.6) is 0 Å². The van der Waals surface area contributed by atoms with Crippen molar-refractivity contribution in [3.05, 3.63) is 48.0 Å². The molecule has 2 rings (SSSR count). The molecule has 2 aromatic carbocycles. The number of nitrogens with one attached hydrogen (secondary N) is 3. The Balaban J connectivity index is 1.92. The smallest absolute Gasteiger partial charge is 0.321 e. The summed E-state index contributed by atoms with van der Waals surface area (Å²) in [5, 5.41) is 10.4. The number of benzene rings is 2. The molecule has 3 amide bonds. The predicted molar refractivity (Wildman–Crippen MR) is 92.2 cm³/mol. The highest BCUT2D eigenvalue weighted by Crippen LogP contribution is 2.23. The van der Waals surface area contributed by atoms with Gasteiger partial charge in [0.05, 0.1) is 6.54 Å². The number of carbonyl (C=O) groups is 2. The van der Waals surface area contributed by atoms with Crippen molar-refractivity contribution in [3.8, 4) is 0 Å². The quantitative estimate of drug-likeness (QED) is 0.768. The van der Waals surface area contributed by atoms with Crippen molar-refractivity contribution in [2.45, 2.75) is 26.3 Å². The van der Waals surface area contributed by atoms with E-state index < -0.39 is 6.03 Å². The van der Waals surface area contributed by atoms with Crippen molar-refractivity contribution in [1.29, 1.82) is 0 Å². The maximum Gasteiger partial charge on any atom is 0.321 e. The van der Waals surface area contributed by atoms with Gasteiger partial charge in [-0.3, -0.25) is 10.1 Å². The first kappa shape index (κ1) is 17.0. The van der Waals surface area contributed by atoms with E-state index in [1.807, 2.05) is 38.1 Å². The second-order valence-electron chi connectivity index (χ2n) is 5.48. The van der Waals surface area contributed by atoms with E-state index in [-0.39, 0.29) is 18.5 Å². The number of urea groups is 1. The van der Waals surface area contributed by atoms with Gasteiger partial charge in [0.15, 0.2) is 0 Å². The number of amides is 3. The van der Waals surface area contributed by atoms with E-state index in [2.05, 4.69) is 34.1 Å². The van der Waals surface area contributed by atoms with Gasteiger partial charge in [-0.25, -0.2) is 4.79 Å². The number of hydrogen-bond donors (Lipinski definition) is 3. The van der Waals surface area contributed by atoms with Gasteiger partial charge in [-0.1, -0.05) is 49.4 Å². The number of rotatable bonds is 6. The molecule has 0 saturated carbocycles. The molecule has 0 aliphatic carbocycles. The van der Waals surface area contributed by atoms with Crippen molar-refractivity contribution < 1.29 is 9.59 Å². The zero-order chi connectivity index (χ0) is 16.7. The second-order valence-corrected chi connectivity index (χ2v) is 5.48. The lowest BCUT2D eigenvalue weighted by Crippen LogP contribution is -2.43. The molecule has 0 spiro atoms. The van der Waals surface area contributed by atoms with Crippen LogP contribution in [-0.2, 0) is 4.79 Å². The lowest BCUT2D eigenvalue weighted by Gasteiger charge is -2.16. The van der Waals surface area contributed by atoms with Crippen LogP contribution in [0.2, 0.25) is 0 Å². The Bertz CT molecular complexity index is 680. The third-order valence-corrected chi connectivity index (χ3v) is 3.65. The number of carbonyl (C=O) groups excluding carboxylic acids is 2. The van der Waals surface area contributed by atoms with Crippen LogP contribution < -0.4 is 16.0 Å². The Labute approximate surface area is 136 Å². The predicted octanol–water partition coefficient (Wildman–Crippen LogP) is 2.73. The Morgan fingerprint density at radius 2 is 1.83 bits per heavy atom. The summed E-state index contributed by atoms with van der Waals surface area (Å²) < 4.78 is 0. The van der Waals surface area contributed by atoms with Crippen LogP contribution in [0.1, 0.15) is 31.9 Å². The fraction of sp³-hybridized carbons (Fsp3) is 0.333. The van der Waals surface area contributed by atoms with E-state index in [9.17, 15) is 9.59 Å². The summed E-state index contributed by atoms with van der Waals surface area (Å²) in [6.07, 6.45) is 0.831. The van der Waals surface area contributed by atoms with Gasteiger partial charge in [0.2, 0.25) is 5.91 Å². The average Bonchev–Trinajstić information content (AvgIpc) is 2.57. The minimum Gasteiger partial charge on any atom is -0.338 e. The normalized spacial score (nSPS) is 11.9. The van der Waals surface area contributed by atoms with Gasteiger partial charge < -0.3 is 10.6 Å². The van der Waals surface area contributed by atoms with Crippen LogP contribution in [0.4, 0.5) is 4.79 Å². The lowest BCUT2D eigenvalue weighted by molar-refractivity contribution is -0.119. The maximum atomic E-state index is 11.8. The van der Waals surface area contributed by atoms with Gasteiger partial charge in [-0.2, -0.15) is 0 Å². The highest BCUT2D eigenvalue weighted by molar-refractivity contribution is 5.95. The van der Waals surface area contributed by atoms with Gasteiger partial charge >= 0.3 is 6.03 Å². The fourth-order valence-corrected chi connectivity index (χ4v) is 2.44. The van der Waals surface area contributed by atoms with Gasteiger partial charge in [0, 0.05) is 12.6 Å². The summed E-state index contributed by atoms with van der Waals surface area (Å²) in [7, 11) is 0. The van der Waals surface area contributed by atoms with Crippen molar-refractivity contribution in [3.63, 3.8) is 0 Å². The largest absolute Gasteiger partial charge is 0.338 e. The van der Waals surface area contributed by atoms with E-state index >= 15 is 0 Å². The van der Waals surface area contributed by atoms with E-state index in [1.54, 1.807) is 0 Å². The Kier molecular flexibility index (Phi) is 6.11. The van der Waals surface area contributed by atoms with E-state index in [0.717, 1.165) is 17.4 Å². The monoisotopic (exact) mass is 313 g/mol. The highest BCUT2D eigenvalue weighted by Gasteiger charge is 2.12. The van der Waals surface area contributed by atoms with Gasteiger partial charge in [0.1, 0.15) is 0 Å². The van der Waals surface area contributed by atoms with Crippen LogP contribution in [0, 0.1) is 0 Å². The molecule has 0 saturated heterocycles. The topological polar surface area (TPSA) is 70.2 Å². The molecule has 0 bridgehead atoms. The van der Waals surface area contributed by atoms with Crippen LogP contribution in [0.3, 0.4) is 0 Å². The van der Waals surface area contributed by atoms with Gasteiger partial charge in [-0.05, 0) is 29.7 Å². The summed E-state index contributed by atoms with van der Waals surface area (Å²) in [5.41, 5.74) is 1.13. The number of imide groups is 1. The molecule has 2 aromatic rings. The third kappa shape index (κ3) is 4.79. The van der Waals surface area contributed by atoms with Gasteiger partial charge in [-0.15, -0.1) is 0 Å². The summed E-state index contributed by atoms with van der Waals surface area (Å²) >= 11 is 0. The first-order valence-corrected chi connectivity index (χ1v) is 7.90. The van der Waals surface area contributed by atoms with Crippen molar-refractivity contribution in [2.75, 3.05) is 13.1 Å². The van der Waals surface area contributed by atoms with E-state index in [4.69, 9.17) is 0 Å². The molecular weight excluding hydrogens is 290 g/mol. The molecule has 1 atom stereocenters. The van der Waals surface area contributed by atoms with Crippen LogP contribution in [0.15, 0.2) is 42.5 Å². The average molecular weight is 313 g/mol. The molecule has 23 heavy (non-hydrogen) atoms. The molecule has 0 aliphatic heterocycles. The second kappa shape index (κ2) is 8.29. The number of hydrogen-bond acceptors (Lipinski definition) is 3. The lowest BCUT2D eigenvalue weighted by atomic mass is 10.00. The molecule has 0 aliphatic rings. The third-order valence-electron chi connectivity index (χ3n) is 3.65. The molecule has 0 radical (unpaired) electrons. The molecule has 122 valence electrons. The highest BCUT2D eigenvalue weighted by atomic mass is 16.2. The fourth-order valence-electron chi connectivity index (χ4n) is 2.44. The first-order chi connectivity index (χ1) is 11.1. The molecule has 5 heteroatoms. The molecule has 0 fully saturated rings. The Morgan fingerprint density at radius 3 is 2.61 bits per heavy atom. The minimum atomic E-state index is -0.448. The summed E-state index contributed by atoms with van der Waals surface area (Å²) in [5.74, 6) is -0.342. The van der Waals surface area contributed by atoms with Crippen LogP contribution >= 0.6 is 0 Å². The minimum absolute atomic E-state index is 0.00514.